The molecule has 0 aromatic carbocycles. The Morgan fingerprint density at radius 3 is 2.60 bits per heavy atom. The molecular weight excluding hydrogens is 192 g/mol. The van der Waals surface area contributed by atoms with Gasteiger partial charge in [-0.05, 0) is 24.2 Å². The van der Waals surface area contributed by atoms with Crippen molar-refractivity contribution in [3.8, 4) is 0 Å². The third kappa shape index (κ3) is 1.18. The van der Waals surface area contributed by atoms with Crippen molar-refractivity contribution in [1.82, 2.24) is 0 Å². The fraction of sp³-hybridized carbons (Fsp3) is 0.833. The van der Waals surface area contributed by atoms with Crippen molar-refractivity contribution in [1.29, 1.82) is 0 Å². The van der Waals surface area contributed by atoms with E-state index in [-0.39, 0.29) is 16.8 Å². The summed E-state index contributed by atoms with van der Waals surface area (Å²) in [6.07, 6.45) is 3.06. The Morgan fingerprint density at radius 1 is 1.53 bits per heavy atom. The molecule has 0 heterocycles. The van der Waals surface area contributed by atoms with Crippen molar-refractivity contribution in [2.75, 3.05) is 7.11 Å². The van der Waals surface area contributed by atoms with Crippen LogP contribution in [0.5, 0.6) is 0 Å². The molecule has 0 amide bonds. The van der Waals surface area contributed by atoms with Crippen LogP contribution in [-0.2, 0) is 14.3 Å². The van der Waals surface area contributed by atoms with Gasteiger partial charge in [0.25, 0.3) is 0 Å². The third-order valence-corrected chi connectivity index (χ3v) is 4.94. The van der Waals surface area contributed by atoms with E-state index < -0.39 is 0 Å². The van der Waals surface area contributed by atoms with Gasteiger partial charge in [0, 0.05) is 11.8 Å². The molecule has 0 unspecified atom stereocenters. The van der Waals surface area contributed by atoms with Gasteiger partial charge in [0.2, 0.25) is 0 Å². The molecule has 15 heavy (non-hydrogen) atoms. The van der Waals surface area contributed by atoms with Crippen LogP contribution in [0.15, 0.2) is 0 Å². The topological polar surface area (TPSA) is 43.4 Å². The fourth-order valence-corrected chi connectivity index (χ4v) is 3.46. The van der Waals surface area contributed by atoms with Crippen molar-refractivity contribution in [2.45, 2.75) is 39.5 Å². The summed E-state index contributed by atoms with van der Waals surface area (Å²) in [5, 5.41) is 0. The highest BCUT2D eigenvalue weighted by molar-refractivity contribution is 5.90. The zero-order valence-corrected chi connectivity index (χ0v) is 9.63. The van der Waals surface area contributed by atoms with Crippen molar-refractivity contribution < 1.29 is 14.3 Å². The largest absolute Gasteiger partial charge is 0.469 e. The molecule has 0 spiro atoms. The maximum absolute atomic E-state index is 11.9. The molecule has 0 aliphatic heterocycles. The first-order valence-electron chi connectivity index (χ1n) is 5.54. The summed E-state index contributed by atoms with van der Waals surface area (Å²) in [7, 11) is 1.41. The zero-order valence-electron chi connectivity index (χ0n) is 9.63. The first-order valence-corrected chi connectivity index (χ1v) is 5.54. The van der Waals surface area contributed by atoms with Gasteiger partial charge in [0.05, 0.1) is 13.5 Å². The maximum Gasteiger partial charge on any atom is 0.306 e. The Morgan fingerprint density at radius 2 is 2.20 bits per heavy atom. The summed E-state index contributed by atoms with van der Waals surface area (Å²) in [6, 6.07) is 0. The fourth-order valence-electron chi connectivity index (χ4n) is 3.46. The molecular formula is C12H18O3. The van der Waals surface area contributed by atoms with Crippen LogP contribution in [0.3, 0.4) is 0 Å². The molecule has 0 radical (unpaired) electrons. The van der Waals surface area contributed by atoms with Gasteiger partial charge in [-0.1, -0.05) is 13.8 Å². The van der Waals surface area contributed by atoms with Crippen molar-refractivity contribution in [3.63, 3.8) is 0 Å². The van der Waals surface area contributed by atoms with E-state index >= 15 is 0 Å². The lowest BCUT2D eigenvalue weighted by molar-refractivity contribution is -0.145. The highest BCUT2D eigenvalue weighted by Gasteiger charge is 2.64. The highest BCUT2D eigenvalue weighted by Crippen LogP contribution is 2.65. The minimum absolute atomic E-state index is 0.169. The number of hydrogen-bond acceptors (Lipinski definition) is 3. The summed E-state index contributed by atoms with van der Waals surface area (Å²) >= 11 is 0. The predicted molar refractivity (Wildman–Crippen MR) is 55.2 cm³/mol. The van der Waals surface area contributed by atoms with Gasteiger partial charge in [-0.3, -0.25) is 9.59 Å². The van der Waals surface area contributed by atoms with Crippen LogP contribution in [0.25, 0.3) is 0 Å². The molecule has 0 aromatic rings. The summed E-state index contributed by atoms with van der Waals surface area (Å²) < 4.78 is 4.73. The van der Waals surface area contributed by atoms with Crippen molar-refractivity contribution in [3.05, 3.63) is 0 Å². The summed E-state index contributed by atoms with van der Waals surface area (Å²) in [5.74, 6) is 0.532. The number of esters is 1. The quantitative estimate of drug-likeness (QED) is 0.654. The van der Waals surface area contributed by atoms with E-state index in [9.17, 15) is 9.59 Å². The Balaban J connectivity index is 2.29. The second kappa shape index (κ2) is 3.06. The predicted octanol–water partition coefficient (Wildman–Crippen LogP) is 1.94. The van der Waals surface area contributed by atoms with Crippen LogP contribution in [0, 0.1) is 16.7 Å². The standard InChI is InChI=1S/C12H18O3/c1-11-5-4-8(6-9(11)13)12(11,2)7-10(14)15-3/h8H,4-7H2,1-3H3/t8-,11+,12-/m1/s1. The van der Waals surface area contributed by atoms with Crippen LogP contribution in [0.4, 0.5) is 0 Å². The van der Waals surface area contributed by atoms with Gasteiger partial charge in [-0.25, -0.2) is 0 Å². The number of carbonyl (C=O) groups excluding carboxylic acids is 2. The van der Waals surface area contributed by atoms with E-state index in [2.05, 4.69) is 6.92 Å². The zero-order chi connectivity index (χ0) is 11.3. The minimum Gasteiger partial charge on any atom is -0.469 e. The average molecular weight is 210 g/mol. The molecule has 0 N–H and O–H groups in total. The molecule has 2 fully saturated rings. The Kier molecular flexibility index (Phi) is 2.18. The Labute approximate surface area is 90.2 Å². The lowest BCUT2D eigenvalue weighted by Crippen LogP contribution is -2.37. The minimum atomic E-state index is -0.286. The van der Waals surface area contributed by atoms with E-state index in [0.717, 1.165) is 12.8 Å². The molecule has 2 saturated carbocycles. The second-order valence-electron chi connectivity index (χ2n) is 5.37. The van der Waals surface area contributed by atoms with Gasteiger partial charge in [-0.15, -0.1) is 0 Å². The van der Waals surface area contributed by atoms with E-state index in [1.807, 2.05) is 6.92 Å². The number of Topliss-reactive ketones (excluding diaryl/α,β-unsaturated/α-hetero) is 1. The number of ether oxygens (including phenoxy) is 1. The molecule has 2 bridgehead atoms. The average Bonchev–Trinajstić information content (AvgIpc) is 2.52. The van der Waals surface area contributed by atoms with Gasteiger partial charge < -0.3 is 4.74 Å². The van der Waals surface area contributed by atoms with Crippen LogP contribution in [0.2, 0.25) is 0 Å². The normalized spacial score (nSPS) is 43.4. The summed E-state index contributed by atoms with van der Waals surface area (Å²) in [6.45, 7) is 4.10. The van der Waals surface area contributed by atoms with Crippen LogP contribution in [0.1, 0.15) is 39.5 Å². The smallest absolute Gasteiger partial charge is 0.306 e. The molecule has 0 saturated heterocycles. The van der Waals surface area contributed by atoms with Crippen LogP contribution >= 0.6 is 0 Å². The van der Waals surface area contributed by atoms with Crippen molar-refractivity contribution >= 4 is 11.8 Å². The number of carbonyl (C=O) groups is 2. The molecule has 2 rings (SSSR count). The number of hydrogen-bond donors (Lipinski definition) is 0. The van der Waals surface area contributed by atoms with Crippen molar-refractivity contribution in [2.24, 2.45) is 16.7 Å². The number of ketones is 1. The molecule has 0 aromatic heterocycles. The number of methoxy groups -OCH3 is 1. The maximum atomic E-state index is 11.9. The highest BCUT2D eigenvalue weighted by atomic mass is 16.5. The lowest BCUT2D eigenvalue weighted by atomic mass is 9.67. The monoisotopic (exact) mass is 210 g/mol. The van der Waals surface area contributed by atoms with Gasteiger partial charge in [0.15, 0.2) is 0 Å². The number of rotatable bonds is 2. The third-order valence-electron chi connectivity index (χ3n) is 4.94. The van der Waals surface area contributed by atoms with E-state index in [4.69, 9.17) is 4.74 Å². The molecule has 3 heteroatoms. The van der Waals surface area contributed by atoms with E-state index in [0.29, 0.717) is 24.5 Å². The van der Waals surface area contributed by atoms with Gasteiger partial charge in [0.1, 0.15) is 5.78 Å². The SMILES string of the molecule is COC(=O)C[C@]1(C)[C@@H]2CC[C@@]1(C)C(=O)C2. The number of fused-ring (bicyclic) bond motifs is 2. The molecule has 2 aliphatic rings. The molecule has 2 aliphatic carbocycles. The summed E-state index contributed by atoms with van der Waals surface area (Å²) in [5.41, 5.74) is -0.455. The van der Waals surface area contributed by atoms with E-state index in [1.165, 1.54) is 7.11 Å². The molecule has 3 nitrogen and oxygen atoms in total. The molecule has 3 atom stereocenters. The van der Waals surface area contributed by atoms with E-state index in [1.54, 1.807) is 0 Å². The molecule has 84 valence electrons. The second-order valence-corrected chi connectivity index (χ2v) is 5.37. The lowest BCUT2D eigenvalue weighted by Gasteiger charge is -2.35. The Hall–Kier alpha value is -0.860. The first kappa shape index (κ1) is 10.7. The van der Waals surface area contributed by atoms with Crippen LogP contribution in [-0.4, -0.2) is 18.9 Å². The van der Waals surface area contributed by atoms with Gasteiger partial charge in [-0.2, -0.15) is 0 Å². The Bertz CT molecular complexity index is 323. The first-order chi connectivity index (χ1) is 6.94. The summed E-state index contributed by atoms with van der Waals surface area (Å²) in [4.78, 5) is 23.3. The van der Waals surface area contributed by atoms with Crippen LogP contribution < -0.4 is 0 Å². The van der Waals surface area contributed by atoms with Gasteiger partial charge >= 0.3 is 5.97 Å².